The van der Waals surface area contributed by atoms with Gasteiger partial charge in [0.15, 0.2) is 0 Å². The van der Waals surface area contributed by atoms with Gasteiger partial charge in [0.1, 0.15) is 23.3 Å². The SMILES string of the molecule is CC(C)(C)ONC(Cc1c(I)cc(Oc2cc(I)c(O)c(I)c2)cc1I)C(=O)O. The van der Waals surface area contributed by atoms with Crippen LogP contribution in [0.25, 0.3) is 0 Å². The summed E-state index contributed by atoms with van der Waals surface area (Å²) in [7, 11) is 0. The molecule has 1 atom stereocenters. The molecule has 0 amide bonds. The number of nitrogens with one attached hydrogen (secondary N) is 1. The third-order valence-corrected chi connectivity index (χ3v) is 7.12. The molecule has 0 aliphatic carbocycles. The molecule has 0 aliphatic rings. The topological polar surface area (TPSA) is 88.0 Å². The summed E-state index contributed by atoms with van der Waals surface area (Å²) in [6, 6.07) is 6.39. The minimum absolute atomic E-state index is 0.239. The molecule has 0 saturated heterocycles. The van der Waals surface area contributed by atoms with Gasteiger partial charge in [0, 0.05) is 13.6 Å². The number of halogens is 4. The molecule has 6 nitrogen and oxygen atoms in total. The zero-order chi connectivity index (χ0) is 21.9. The van der Waals surface area contributed by atoms with E-state index in [4.69, 9.17) is 9.57 Å². The van der Waals surface area contributed by atoms with E-state index in [9.17, 15) is 15.0 Å². The average Bonchev–Trinajstić information content (AvgIpc) is 2.57. The van der Waals surface area contributed by atoms with Crippen LogP contribution in [-0.4, -0.2) is 27.8 Å². The number of carboxylic acids is 1. The van der Waals surface area contributed by atoms with Gasteiger partial charge in [-0.2, -0.15) is 5.48 Å². The summed E-state index contributed by atoms with van der Waals surface area (Å²) in [5.41, 5.74) is 3.08. The number of carbonyl (C=O) groups is 1. The number of hydrogen-bond donors (Lipinski definition) is 3. The van der Waals surface area contributed by atoms with Crippen molar-refractivity contribution in [3.63, 3.8) is 0 Å². The molecule has 3 N–H and O–H groups in total. The maximum absolute atomic E-state index is 11.6. The fraction of sp³-hybridized carbons (Fsp3) is 0.316. The van der Waals surface area contributed by atoms with Crippen molar-refractivity contribution in [2.24, 2.45) is 0 Å². The molecular formula is C19H19I4NO5. The molecule has 10 heteroatoms. The van der Waals surface area contributed by atoms with Crippen LogP contribution in [0.1, 0.15) is 26.3 Å². The van der Waals surface area contributed by atoms with Gasteiger partial charge in [0.05, 0.1) is 12.7 Å². The first-order valence-corrected chi connectivity index (χ1v) is 12.7. The van der Waals surface area contributed by atoms with Crippen molar-refractivity contribution >= 4 is 96.3 Å². The molecule has 158 valence electrons. The molecule has 0 aliphatic heterocycles. The zero-order valence-corrected chi connectivity index (χ0v) is 24.4. The third kappa shape index (κ3) is 7.76. The fourth-order valence-corrected chi connectivity index (χ4v) is 6.06. The Morgan fingerprint density at radius 2 is 1.45 bits per heavy atom. The van der Waals surface area contributed by atoms with E-state index in [-0.39, 0.29) is 12.2 Å². The van der Waals surface area contributed by atoms with Crippen molar-refractivity contribution in [3.05, 3.63) is 44.1 Å². The number of hydrogen-bond acceptors (Lipinski definition) is 5. The predicted octanol–water partition coefficient (Wildman–Crippen LogP) is 5.92. The second-order valence-corrected chi connectivity index (χ2v) is 11.8. The van der Waals surface area contributed by atoms with Crippen LogP contribution in [0.4, 0.5) is 0 Å². The highest BCUT2D eigenvalue weighted by atomic mass is 127. The molecule has 0 aromatic heterocycles. The lowest BCUT2D eigenvalue weighted by atomic mass is 10.1. The molecule has 0 heterocycles. The summed E-state index contributed by atoms with van der Waals surface area (Å²) in [6.45, 7) is 5.55. The van der Waals surface area contributed by atoms with Gasteiger partial charge >= 0.3 is 5.97 Å². The van der Waals surface area contributed by atoms with Crippen molar-refractivity contribution in [2.45, 2.75) is 38.8 Å². The Morgan fingerprint density at radius 1 is 1.00 bits per heavy atom. The van der Waals surface area contributed by atoms with Crippen LogP contribution in [0.15, 0.2) is 24.3 Å². The number of benzene rings is 2. The summed E-state index contributed by atoms with van der Waals surface area (Å²) in [5, 5.41) is 19.5. The van der Waals surface area contributed by atoms with Crippen LogP contribution < -0.4 is 10.2 Å². The number of hydroxylamine groups is 1. The van der Waals surface area contributed by atoms with Crippen LogP contribution >= 0.6 is 90.4 Å². The van der Waals surface area contributed by atoms with Crippen molar-refractivity contribution in [1.29, 1.82) is 0 Å². The normalized spacial score (nSPS) is 12.7. The number of carboxylic acid groups (broad SMARTS) is 1. The van der Waals surface area contributed by atoms with E-state index >= 15 is 0 Å². The van der Waals surface area contributed by atoms with Crippen molar-refractivity contribution in [3.8, 4) is 17.2 Å². The summed E-state index contributed by atoms with van der Waals surface area (Å²) < 4.78 is 9.18. The standard InChI is InChI=1S/C19H19I4NO5/c1-19(2,3)29-24-16(18(26)27)8-11-12(20)4-9(5-13(11)21)28-10-6-14(22)17(25)15(23)7-10/h4-7,16,24-25H,8H2,1-3H3,(H,26,27). The van der Waals surface area contributed by atoms with Gasteiger partial charge in [-0.05, 0) is 141 Å². The Balaban J connectivity index is 2.23. The molecule has 0 saturated carbocycles. The number of rotatable bonds is 7. The second kappa shape index (κ2) is 10.8. The Hall–Kier alpha value is 0.350. The Morgan fingerprint density at radius 3 is 1.86 bits per heavy atom. The molecule has 2 aromatic carbocycles. The molecule has 2 rings (SSSR count). The maximum atomic E-state index is 11.6. The molecule has 0 fully saturated rings. The number of aliphatic carboxylic acids is 1. The minimum Gasteiger partial charge on any atom is -0.506 e. The largest absolute Gasteiger partial charge is 0.506 e. The molecule has 1 unspecified atom stereocenters. The average molecular weight is 849 g/mol. The van der Waals surface area contributed by atoms with Crippen LogP contribution in [-0.2, 0) is 16.1 Å². The van der Waals surface area contributed by atoms with Crippen LogP contribution in [0.5, 0.6) is 17.2 Å². The van der Waals surface area contributed by atoms with Crippen molar-refractivity contribution in [2.75, 3.05) is 0 Å². The summed E-state index contributed by atoms with van der Waals surface area (Å²) in [4.78, 5) is 17.1. The summed E-state index contributed by atoms with van der Waals surface area (Å²) >= 11 is 8.48. The monoisotopic (exact) mass is 849 g/mol. The number of phenolic OH excluding ortho intramolecular Hbond substituents is 1. The molecule has 2 aromatic rings. The van der Waals surface area contributed by atoms with E-state index in [1.807, 2.05) is 32.9 Å². The predicted molar refractivity (Wildman–Crippen MR) is 145 cm³/mol. The van der Waals surface area contributed by atoms with Gasteiger partial charge in [-0.25, -0.2) is 0 Å². The third-order valence-electron chi connectivity index (χ3n) is 3.55. The highest BCUT2D eigenvalue weighted by Gasteiger charge is 2.24. The zero-order valence-electron chi connectivity index (χ0n) is 15.7. The van der Waals surface area contributed by atoms with Crippen LogP contribution in [0, 0.1) is 14.3 Å². The van der Waals surface area contributed by atoms with Gasteiger partial charge in [0.2, 0.25) is 0 Å². The van der Waals surface area contributed by atoms with E-state index in [1.54, 1.807) is 12.1 Å². The second-order valence-electron chi connectivity index (χ2n) is 7.13. The van der Waals surface area contributed by atoms with Crippen molar-refractivity contribution in [1.82, 2.24) is 5.48 Å². The van der Waals surface area contributed by atoms with Crippen molar-refractivity contribution < 1.29 is 24.6 Å². The number of phenols is 1. The minimum atomic E-state index is -0.977. The highest BCUT2D eigenvalue weighted by Crippen LogP contribution is 2.34. The summed E-state index contributed by atoms with van der Waals surface area (Å²) in [5.74, 6) is 0.530. The highest BCUT2D eigenvalue weighted by molar-refractivity contribution is 14.1. The molecular weight excluding hydrogens is 830 g/mol. The van der Waals surface area contributed by atoms with E-state index < -0.39 is 17.6 Å². The quantitative estimate of drug-likeness (QED) is 0.237. The van der Waals surface area contributed by atoms with E-state index in [0.29, 0.717) is 18.6 Å². The first kappa shape index (κ1) is 25.6. The maximum Gasteiger partial charge on any atom is 0.323 e. The lowest BCUT2D eigenvalue weighted by Gasteiger charge is -2.23. The molecule has 0 radical (unpaired) electrons. The first-order chi connectivity index (χ1) is 13.4. The molecule has 29 heavy (non-hydrogen) atoms. The number of ether oxygens (including phenoxy) is 1. The van der Waals surface area contributed by atoms with Crippen LogP contribution in [0.3, 0.4) is 0 Å². The lowest BCUT2D eigenvalue weighted by molar-refractivity contribution is -0.150. The lowest BCUT2D eigenvalue weighted by Crippen LogP contribution is -2.43. The van der Waals surface area contributed by atoms with E-state index in [1.165, 1.54) is 0 Å². The van der Waals surface area contributed by atoms with Gasteiger partial charge in [-0.3, -0.25) is 9.63 Å². The Kier molecular flexibility index (Phi) is 9.52. The van der Waals surface area contributed by atoms with Gasteiger partial charge in [0.25, 0.3) is 0 Å². The van der Waals surface area contributed by atoms with Gasteiger partial charge < -0.3 is 14.9 Å². The molecule has 0 bridgehead atoms. The van der Waals surface area contributed by atoms with Crippen LogP contribution in [0.2, 0.25) is 0 Å². The van der Waals surface area contributed by atoms with Gasteiger partial charge in [-0.15, -0.1) is 0 Å². The van der Waals surface area contributed by atoms with Gasteiger partial charge in [-0.1, -0.05) is 0 Å². The van der Waals surface area contributed by atoms with E-state index in [2.05, 4.69) is 95.8 Å². The van der Waals surface area contributed by atoms with E-state index in [0.717, 1.165) is 12.7 Å². The fourth-order valence-electron chi connectivity index (χ4n) is 2.20. The Bertz CT molecular complexity index is 868. The number of aromatic hydroxyl groups is 1. The smallest absolute Gasteiger partial charge is 0.323 e. The Labute approximate surface area is 224 Å². The summed E-state index contributed by atoms with van der Waals surface area (Å²) in [6.07, 6.45) is 0.275. The molecule has 0 spiro atoms. The first-order valence-electron chi connectivity index (χ1n) is 8.37.